The zero-order valence-corrected chi connectivity index (χ0v) is 15.8. The van der Waals surface area contributed by atoms with Crippen molar-refractivity contribution in [3.8, 4) is 17.0 Å². The number of aliphatic hydroxyl groups excluding tert-OH is 1. The third kappa shape index (κ3) is 4.29. The molecule has 0 aliphatic rings. The second-order valence-corrected chi connectivity index (χ2v) is 6.71. The van der Waals surface area contributed by atoms with Crippen LogP contribution >= 0.6 is 0 Å². The highest BCUT2D eigenvalue weighted by Crippen LogP contribution is 2.25. The number of alkyl halides is 3. The van der Waals surface area contributed by atoms with E-state index >= 15 is 0 Å². The van der Waals surface area contributed by atoms with Crippen LogP contribution < -0.4 is 10.3 Å². The molecule has 0 aliphatic heterocycles. The lowest BCUT2D eigenvalue weighted by Gasteiger charge is -2.10. The second-order valence-electron chi connectivity index (χ2n) is 6.71. The van der Waals surface area contributed by atoms with E-state index in [0.717, 1.165) is 12.1 Å². The van der Waals surface area contributed by atoms with Gasteiger partial charge >= 0.3 is 6.36 Å². The molecule has 1 N–H and O–H groups in total. The smallest absolute Gasteiger partial charge is 0.406 e. The van der Waals surface area contributed by atoms with Gasteiger partial charge in [0.25, 0.3) is 5.56 Å². The summed E-state index contributed by atoms with van der Waals surface area (Å²) in [5, 5.41) is 14.2. The molecule has 0 spiro atoms. The fourth-order valence-electron chi connectivity index (χ4n) is 3.26. The van der Waals surface area contributed by atoms with Crippen LogP contribution in [-0.2, 0) is 13.2 Å². The van der Waals surface area contributed by atoms with Gasteiger partial charge in [-0.3, -0.25) is 4.79 Å². The molecule has 10 heteroatoms. The number of benzene rings is 2. The van der Waals surface area contributed by atoms with Gasteiger partial charge in [-0.1, -0.05) is 12.1 Å². The van der Waals surface area contributed by atoms with Crippen LogP contribution in [0.1, 0.15) is 11.1 Å². The monoisotopic (exact) mass is 433 g/mol. The topological polar surface area (TPSA) is 68.8 Å². The standard InChI is InChI=1S/C21H15F4N3O3/c22-15-5-3-14(4-6-15)18-17(12-29)19-20(30)27(9-10-28(19)26-18)11-13-1-7-16(8-2-13)31-21(23,24)25/h1-10,29H,11-12H2. The lowest BCUT2D eigenvalue weighted by Crippen LogP contribution is -2.22. The summed E-state index contributed by atoms with van der Waals surface area (Å²) >= 11 is 0. The van der Waals surface area contributed by atoms with E-state index in [4.69, 9.17) is 0 Å². The molecule has 160 valence electrons. The summed E-state index contributed by atoms with van der Waals surface area (Å²) in [5.41, 5.74) is 1.47. The van der Waals surface area contributed by atoms with Crippen molar-refractivity contribution in [2.45, 2.75) is 19.5 Å². The van der Waals surface area contributed by atoms with Gasteiger partial charge in [-0.15, -0.1) is 13.2 Å². The molecule has 0 unspecified atom stereocenters. The number of rotatable bonds is 5. The fraction of sp³-hybridized carbons (Fsp3) is 0.143. The van der Waals surface area contributed by atoms with Crippen LogP contribution in [0.2, 0.25) is 0 Å². The van der Waals surface area contributed by atoms with E-state index in [2.05, 4.69) is 9.84 Å². The Morgan fingerprint density at radius 3 is 2.29 bits per heavy atom. The highest BCUT2D eigenvalue weighted by Gasteiger charge is 2.31. The van der Waals surface area contributed by atoms with E-state index in [9.17, 15) is 27.5 Å². The summed E-state index contributed by atoms with van der Waals surface area (Å²) in [4.78, 5) is 13.0. The molecule has 31 heavy (non-hydrogen) atoms. The van der Waals surface area contributed by atoms with Gasteiger partial charge in [0.05, 0.1) is 18.8 Å². The van der Waals surface area contributed by atoms with E-state index in [1.165, 1.54) is 57.9 Å². The molecule has 4 rings (SSSR count). The van der Waals surface area contributed by atoms with Gasteiger partial charge in [0.15, 0.2) is 0 Å². The molecule has 6 nitrogen and oxygen atoms in total. The first kappa shape index (κ1) is 20.6. The highest BCUT2D eigenvalue weighted by molar-refractivity contribution is 5.72. The van der Waals surface area contributed by atoms with Gasteiger partial charge in [-0.2, -0.15) is 5.10 Å². The predicted octanol–water partition coefficient (Wildman–Crippen LogP) is 3.74. The van der Waals surface area contributed by atoms with Crippen molar-refractivity contribution in [2.75, 3.05) is 0 Å². The van der Waals surface area contributed by atoms with Crippen molar-refractivity contribution < 1.29 is 27.4 Å². The van der Waals surface area contributed by atoms with Crippen molar-refractivity contribution in [3.05, 3.63) is 88.2 Å². The van der Waals surface area contributed by atoms with E-state index < -0.39 is 24.3 Å². The summed E-state index contributed by atoms with van der Waals surface area (Å²) in [6, 6.07) is 10.7. The van der Waals surface area contributed by atoms with E-state index in [0.29, 0.717) is 22.4 Å². The molecule has 0 fully saturated rings. The first-order valence-corrected chi connectivity index (χ1v) is 9.07. The Kier molecular flexibility index (Phi) is 5.24. The van der Waals surface area contributed by atoms with E-state index in [1.54, 1.807) is 0 Å². The summed E-state index contributed by atoms with van der Waals surface area (Å²) in [5.74, 6) is -0.784. The zero-order valence-electron chi connectivity index (χ0n) is 15.8. The van der Waals surface area contributed by atoms with E-state index in [-0.39, 0.29) is 17.8 Å². The van der Waals surface area contributed by atoms with Gasteiger partial charge in [-0.05, 0) is 42.0 Å². The number of hydrogen-bond donors (Lipinski definition) is 1. The Labute approximate surface area is 172 Å². The first-order chi connectivity index (χ1) is 14.7. The van der Waals surface area contributed by atoms with Gasteiger partial charge in [0.2, 0.25) is 0 Å². The minimum atomic E-state index is -4.78. The molecule has 2 heterocycles. The molecule has 0 saturated carbocycles. The van der Waals surface area contributed by atoms with Crippen LogP contribution in [0.5, 0.6) is 5.75 Å². The first-order valence-electron chi connectivity index (χ1n) is 9.07. The quantitative estimate of drug-likeness (QED) is 0.487. The number of hydrogen-bond acceptors (Lipinski definition) is 4. The summed E-state index contributed by atoms with van der Waals surface area (Å²) in [6.07, 6.45) is -1.77. The summed E-state index contributed by atoms with van der Waals surface area (Å²) in [7, 11) is 0. The maximum atomic E-state index is 13.2. The molecule has 0 saturated heterocycles. The van der Waals surface area contributed by atoms with Crippen LogP contribution in [0, 0.1) is 5.82 Å². The summed E-state index contributed by atoms with van der Waals surface area (Å²) in [6.45, 7) is -0.373. The highest BCUT2D eigenvalue weighted by atomic mass is 19.4. The predicted molar refractivity (Wildman–Crippen MR) is 103 cm³/mol. The van der Waals surface area contributed by atoms with Gasteiger partial charge in [0, 0.05) is 23.5 Å². The Morgan fingerprint density at radius 2 is 1.68 bits per heavy atom. The number of halogens is 4. The lowest BCUT2D eigenvalue weighted by molar-refractivity contribution is -0.274. The van der Waals surface area contributed by atoms with Crippen molar-refractivity contribution in [1.29, 1.82) is 0 Å². The zero-order chi connectivity index (χ0) is 22.2. The molecule has 0 aliphatic carbocycles. The number of nitrogens with zero attached hydrogens (tertiary/aromatic N) is 3. The SMILES string of the molecule is O=c1c2c(CO)c(-c3ccc(F)cc3)nn2ccn1Cc1ccc(OC(F)(F)F)cc1. The van der Waals surface area contributed by atoms with Crippen LogP contribution in [-0.4, -0.2) is 25.7 Å². The van der Waals surface area contributed by atoms with Crippen molar-refractivity contribution in [2.24, 2.45) is 0 Å². The Hall–Kier alpha value is -3.66. The summed E-state index contributed by atoms with van der Waals surface area (Å²) < 4.78 is 56.6. The maximum absolute atomic E-state index is 13.2. The number of aliphatic hydroxyl groups is 1. The molecular formula is C21H15F4N3O3. The third-order valence-electron chi connectivity index (χ3n) is 4.65. The molecule has 0 bridgehead atoms. The molecule has 2 aromatic carbocycles. The third-order valence-corrected chi connectivity index (χ3v) is 4.65. The molecule has 0 radical (unpaired) electrons. The maximum Gasteiger partial charge on any atom is 0.573 e. The minimum absolute atomic E-state index is 0.0869. The van der Waals surface area contributed by atoms with Crippen molar-refractivity contribution in [3.63, 3.8) is 0 Å². The Balaban J connectivity index is 1.69. The fourth-order valence-corrected chi connectivity index (χ4v) is 3.26. The van der Waals surface area contributed by atoms with Crippen LogP contribution in [0.4, 0.5) is 17.6 Å². The van der Waals surface area contributed by atoms with Gasteiger partial charge in [0.1, 0.15) is 17.1 Å². The average molecular weight is 433 g/mol. The van der Waals surface area contributed by atoms with Crippen LogP contribution in [0.25, 0.3) is 16.8 Å². The van der Waals surface area contributed by atoms with Gasteiger partial charge in [-0.25, -0.2) is 8.91 Å². The molecule has 0 amide bonds. The van der Waals surface area contributed by atoms with Crippen LogP contribution in [0.15, 0.2) is 65.7 Å². The molecule has 2 aromatic heterocycles. The van der Waals surface area contributed by atoms with Gasteiger partial charge < -0.3 is 14.4 Å². The second kappa shape index (κ2) is 7.88. The minimum Gasteiger partial charge on any atom is -0.406 e. The Bertz CT molecular complexity index is 1280. The molecular weight excluding hydrogens is 418 g/mol. The number of ether oxygens (including phenoxy) is 1. The average Bonchev–Trinajstić information content (AvgIpc) is 3.10. The molecule has 0 atom stereocenters. The largest absolute Gasteiger partial charge is 0.573 e. The number of fused-ring (bicyclic) bond motifs is 1. The van der Waals surface area contributed by atoms with Crippen molar-refractivity contribution in [1.82, 2.24) is 14.2 Å². The van der Waals surface area contributed by atoms with E-state index in [1.807, 2.05) is 0 Å². The Morgan fingerprint density at radius 1 is 1.00 bits per heavy atom. The molecule has 4 aromatic rings. The normalized spacial score (nSPS) is 11.8. The van der Waals surface area contributed by atoms with Crippen LogP contribution in [0.3, 0.4) is 0 Å². The lowest BCUT2D eigenvalue weighted by atomic mass is 10.1. The number of aromatic nitrogens is 3. The van der Waals surface area contributed by atoms with Crippen molar-refractivity contribution >= 4 is 5.52 Å².